The van der Waals surface area contributed by atoms with Crippen LogP contribution in [0.1, 0.15) is 57.7 Å². The Balaban J connectivity index is 1.66. The number of likely N-dealkylation sites (tertiary alicyclic amines) is 1. The molecule has 15 heteroatoms. The number of nitrogens with zero attached hydrogens (tertiary/aromatic N) is 2. The van der Waals surface area contributed by atoms with Gasteiger partial charge in [-0.1, -0.05) is 74.0 Å². The molecule has 0 saturated carbocycles. The maximum atomic E-state index is 13.7. The van der Waals surface area contributed by atoms with E-state index in [1.54, 1.807) is 96.4 Å². The minimum Gasteiger partial charge on any atom is -0.445 e. The summed E-state index contributed by atoms with van der Waals surface area (Å²) in [5.41, 5.74) is 0.505. The number of hydrogen-bond acceptors (Lipinski definition) is 9. The molecule has 0 aromatic heterocycles. The standard InChI is InChI=1S/C36H50N6O9/c1-7-14-26(30(44)32(46)37-19-28(43)40-29(33(47)41(5)6)24-17-12-9-13-18-24)38-31(45)25-20-42(35(49)51-36(2,3)4)21-27(25)39-34(48)50-22-23-15-10-8-11-16-23/h8-13,15-18,25-27,29-30,44H,7,14,19-22H2,1-6H3,(H,37,46)(H,38,45)(H,39,48)(H,40,43)/t25-,26+,27+,29+,30?/m1/s1. The maximum absolute atomic E-state index is 13.7. The first kappa shape index (κ1) is 40.3. The number of rotatable bonds is 14. The van der Waals surface area contributed by atoms with Crippen molar-refractivity contribution >= 4 is 35.8 Å². The highest BCUT2D eigenvalue weighted by Crippen LogP contribution is 2.22. The van der Waals surface area contributed by atoms with Gasteiger partial charge in [0.15, 0.2) is 6.10 Å². The highest BCUT2D eigenvalue weighted by Gasteiger charge is 2.43. The van der Waals surface area contributed by atoms with Crippen molar-refractivity contribution in [3.8, 4) is 0 Å². The summed E-state index contributed by atoms with van der Waals surface area (Å²) in [6.45, 7) is 6.20. The number of hydrogen-bond donors (Lipinski definition) is 5. The molecule has 3 rings (SSSR count). The van der Waals surface area contributed by atoms with Crippen LogP contribution in [-0.2, 0) is 35.3 Å². The number of aliphatic hydroxyl groups excluding tert-OH is 1. The molecule has 0 bridgehead atoms. The average molecular weight is 711 g/mol. The minimum atomic E-state index is -1.75. The molecule has 51 heavy (non-hydrogen) atoms. The normalized spacial score (nSPS) is 17.3. The van der Waals surface area contributed by atoms with Gasteiger partial charge in [0.1, 0.15) is 18.2 Å². The smallest absolute Gasteiger partial charge is 0.410 e. The molecule has 278 valence electrons. The third kappa shape index (κ3) is 12.6. The predicted molar refractivity (Wildman–Crippen MR) is 187 cm³/mol. The van der Waals surface area contributed by atoms with Crippen molar-refractivity contribution in [2.75, 3.05) is 33.7 Å². The van der Waals surface area contributed by atoms with Crippen molar-refractivity contribution in [1.82, 2.24) is 31.1 Å². The molecule has 0 spiro atoms. The van der Waals surface area contributed by atoms with Crippen molar-refractivity contribution in [2.24, 2.45) is 5.92 Å². The second-order valence-corrected chi connectivity index (χ2v) is 13.5. The Morgan fingerprint density at radius 3 is 2.16 bits per heavy atom. The number of alkyl carbamates (subject to hydrolysis) is 1. The van der Waals surface area contributed by atoms with E-state index in [-0.39, 0.29) is 32.0 Å². The summed E-state index contributed by atoms with van der Waals surface area (Å²) in [7, 11) is 3.11. The second kappa shape index (κ2) is 18.7. The van der Waals surface area contributed by atoms with E-state index in [2.05, 4.69) is 21.3 Å². The van der Waals surface area contributed by atoms with Crippen LogP contribution in [0.25, 0.3) is 0 Å². The fraction of sp³-hybridized carbons (Fsp3) is 0.500. The van der Waals surface area contributed by atoms with E-state index >= 15 is 0 Å². The van der Waals surface area contributed by atoms with E-state index in [4.69, 9.17) is 9.47 Å². The van der Waals surface area contributed by atoms with Gasteiger partial charge in [-0.3, -0.25) is 19.2 Å². The quantitative estimate of drug-likeness (QED) is 0.194. The van der Waals surface area contributed by atoms with Crippen LogP contribution in [0.3, 0.4) is 0 Å². The monoisotopic (exact) mass is 710 g/mol. The third-order valence-electron chi connectivity index (χ3n) is 7.95. The Kier molecular flexibility index (Phi) is 14.8. The minimum absolute atomic E-state index is 0.0111. The Labute approximate surface area is 298 Å². The van der Waals surface area contributed by atoms with Gasteiger partial charge in [-0.05, 0) is 38.3 Å². The number of likely N-dealkylation sites (N-methyl/N-ethyl adjacent to an activating group) is 1. The molecule has 2 aromatic rings. The van der Waals surface area contributed by atoms with Crippen LogP contribution >= 0.6 is 0 Å². The van der Waals surface area contributed by atoms with Crippen LogP contribution < -0.4 is 21.3 Å². The molecule has 0 radical (unpaired) electrons. The zero-order valence-electron chi connectivity index (χ0n) is 30.0. The number of carbonyl (C=O) groups excluding carboxylic acids is 6. The molecule has 1 aliphatic heterocycles. The van der Waals surface area contributed by atoms with Gasteiger partial charge in [-0.25, -0.2) is 9.59 Å². The lowest BCUT2D eigenvalue weighted by Gasteiger charge is -2.26. The summed E-state index contributed by atoms with van der Waals surface area (Å²) < 4.78 is 10.8. The molecule has 6 amide bonds. The van der Waals surface area contributed by atoms with Crippen LogP contribution in [0.5, 0.6) is 0 Å². The first-order valence-corrected chi connectivity index (χ1v) is 16.9. The Morgan fingerprint density at radius 1 is 0.941 bits per heavy atom. The number of aliphatic hydroxyl groups is 1. The van der Waals surface area contributed by atoms with E-state index in [1.165, 1.54) is 9.80 Å². The zero-order chi connectivity index (χ0) is 37.7. The summed E-state index contributed by atoms with van der Waals surface area (Å²) in [4.78, 5) is 80.6. The van der Waals surface area contributed by atoms with E-state index < -0.39 is 72.2 Å². The van der Waals surface area contributed by atoms with Gasteiger partial charge in [0.2, 0.25) is 17.7 Å². The third-order valence-corrected chi connectivity index (χ3v) is 7.95. The lowest BCUT2D eigenvalue weighted by molar-refractivity contribution is -0.136. The average Bonchev–Trinajstić information content (AvgIpc) is 3.52. The highest BCUT2D eigenvalue weighted by molar-refractivity contribution is 5.92. The molecule has 2 aromatic carbocycles. The van der Waals surface area contributed by atoms with E-state index in [9.17, 15) is 33.9 Å². The number of carbonyl (C=O) groups is 6. The lowest BCUT2D eigenvalue weighted by Crippen LogP contribution is -2.55. The Hall–Kier alpha value is -5.18. The van der Waals surface area contributed by atoms with Crippen molar-refractivity contribution in [3.63, 3.8) is 0 Å². The Bertz CT molecular complexity index is 1500. The van der Waals surface area contributed by atoms with Gasteiger partial charge >= 0.3 is 12.2 Å². The first-order chi connectivity index (χ1) is 24.1. The van der Waals surface area contributed by atoms with Gasteiger partial charge in [-0.15, -0.1) is 0 Å². The summed E-state index contributed by atoms with van der Waals surface area (Å²) in [5.74, 6) is -3.56. The molecular formula is C36H50N6O9. The molecule has 1 unspecified atom stereocenters. The summed E-state index contributed by atoms with van der Waals surface area (Å²) in [6.07, 6.45) is -2.55. The van der Waals surface area contributed by atoms with Gasteiger partial charge in [-0.2, -0.15) is 0 Å². The molecule has 1 saturated heterocycles. The number of ether oxygens (including phenoxy) is 2. The van der Waals surface area contributed by atoms with Crippen LogP contribution in [0.2, 0.25) is 0 Å². The van der Waals surface area contributed by atoms with Crippen LogP contribution in [0, 0.1) is 5.92 Å². The summed E-state index contributed by atoms with van der Waals surface area (Å²) in [6, 6.07) is 14.7. The molecular weight excluding hydrogens is 660 g/mol. The van der Waals surface area contributed by atoms with Gasteiger partial charge in [0.25, 0.3) is 5.91 Å². The molecule has 0 aliphatic carbocycles. The fourth-order valence-corrected chi connectivity index (χ4v) is 5.38. The van der Waals surface area contributed by atoms with Crippen molar-refractivity contribution in [1.29, 1.82) is 0 Å². The molecule has 5 N–H and O–H groups in total. The fourth-order valence-electron chi connectivity index (χ4n) is 5.38. The van der Waals surface area contributed by atoms with Gasteiger partial charge < -0.3 is 45.6 Å². The van der Waals surface area contributed by atoms with Crippen LogP contribution in [-0.4, -0.2) is 108 Å². The van der Waals surface area contributed by atoms with E-state index in [0.29, 0.717) is 12.0 Å². The number of amides is 6. The first-order valence-electron chi connectivity index (χ1n) is 16.9. The molecule has 1 aliphatic rings. The van der Waals surface area contributed by atoms with Gasteiger partial charge in [0, 0.05) is 27.2 Å². The largest absolute Gasteiger partial charge is 0.445 e. The summed E-state index contributed by atoms with van der Waals surface area (Å²) in [5, 5.41) is 21.4. The lowest BCUT2D eigenvalue weighted by atomic mass is 9.99. The van der Waals surface area contributed by atoms with E-state index in [1.807, 2.05) is 6.07 Å². The van der Waals surface area contributed by atoms with Crippen LogP contribution in [0.4, 0.5) is 9.59 Å². The topological polar surface area (TPSA) is 196 Å². The maximum Gasteiger partial charge on any atom is 0.410 e. The van der Waals surface area contributed by atoms with Crippen molar-refractivity contribution in [3.05, 3.63) is 71.8 Å². The zero-order valence-corrected chi connectivity index (χ0v) is 30.0. The van der Waals surface area contributed by atoms with Gasteiger partial charge in [0.05, 0.1) is 24.5 Å². The number of benzene rings is 2. The highest BCUT2D eigenvalue weighted by atomic mass is 16.6. The second-order valence-electron chi connectivity index (χ2n) is 13.5. The van der Waals surface area contributed by atoms with Crippen molar-refractivity contribution in [2.45, 2.75) is 77.0 Å². The molecule has 5 atom stereocenters. The van der Waals surface area contributed by atoms with Crippen LogP contribution in [0.15, 0.2) is 60.7 Å². The Morgan fingerprint density at radius 2 is 1.57 bits per heavy atom. The number of nitrogens with one attached hydrogen (secondary N) is 4. The molecule has 1 fully saturated rings. The SMILES string of the molecule is CCC[C@H](NC(=O)[C@@H]1CN(C(=O)OC(C)(C)C)C[C@@H]1NC(=O)OCc1ccccc1)C(O)C(=O)NCC(=O)N[C@H](C(=O)N(C)C)c1ccccc1. The molecule has 15 nitrogen and oxygen atoms in total. The predicted octanol–water partition coefficient (Wildman–Crippen LogP) is 1.86. The van der Waals surface area contributed by atoms with E-state index in [0.717, 1.165) is 5.56 Å². The van der Waals surface area contributed by atoms with Crippen molar-refractivity contribution < 1.29 is 43.3 Å². The summed E-state index contributed by atoms with van der Waals surface area (Å²) >= 11 is 0. The molecule has 1 heterocycles.